The highest BCUT2D eigenvalue weighted by molar-refractivity contribution is 5.41. The number of fused-ring (bicyclic) bond motifs is 2. The van der Waals surface area contributed by atoms with Gasteiger partial charge in [0, 0.05) is 31.4 Å². The predicted molar refractivity (Wildman–Crippen MR) is 91.3 cm³/mol. The quantitative estimate of drug-likeness (QED) is 0.790. The van der Waals surface area contributed by atoms with Gasteiger partial charge in [0.1, 0.15) is 5.75 Å². The molecular weight excluding hydrogens is 290 g/mol. The summed E-state index contributed by atoms with van der Waals surface area (Å²) < 4.78 is 11.7. The summed E-state index contributed by atoms with van der Waals surface area (Å²) in [7, 11) is 3.58. The largest absolute Gasteiger partial charge is 0.497 e. The van der Waals surface area contributed by atoms with Gasteiger partial charge in [0.15, 0.2) is 0 Å². The topological polar surface area (TPSA) is 68.5 Å². The Hall–Kier alpha value is -1.72. The van der Waals surface area contributed by atoms with E-state index in [0.717, 1.165) is 37.3 Å². The fourth-order valence-electron chi connectivity index (χ4n) is 3.97. The molecule has 0 bridgehead atoms. The second-order valence-corrected chi connectivity index (χ2v) is 6.58. The van der Waals surface area contributed by atoms with Crippen LogP contribution in [0.15, 0.2) is 30.1 Å². The minimum atomic E-state index is -0.263. The van der Waals surface area contributed by atoms with Crippen molar-refractivity contribution in [3.05, 3.63) is 41.2 Å². The van der Waals surface area contributed by atoms with E-state index < -0.39 is 0 Å². The molecule has 0 saturated carbocycles. The SMILES string of the molecule is CN/C=C(\N)[C@@H]1CC2(C[C@H](C)N1)OCCc1cc(OC)ccc12. The van der Waals surface area contributed by atoms with Crippen LogP contribution in [0.1, 0.15) is 30.9 Å². The molecule has 4 N–H and O–H groups in total. The van der Waals surface area contributed by atoms with E-state index in [0.29, 0.717) is 6.04 Å². The molecule has 1 unspecified atom stereocenters. The van der Waals surface area contributed by atoms with E-state index in [1.807, 2.05) is 19.3 Å². The number of nitrogens with two attached hydrogens (primary N) is 1. The third kappa shape index (κ3) is 3.03. The van der Waals surface area contributed by atoms with Crippen LogP contribution in [0, 0.1) is 0 Å². The van der Waals surface area contributed by atoms with Crippen LogP contribution in [0.4, 0.5) is 0 Å². The summed E-state index contributed by atoms with van der Waals surface area (Å²) in [5.74, 6) is 0.911. The fourth-order valence-corrected chi connectivity index (χ4v) is 3.97. The van der Waals surface area contributed by atoms with Crippen LogP contribution in [0.25, 0.3) is 0 Å². The summed E-state index contributed by atoms with van der Waals surface area (Å²) in [5.41, 5.74) is 9.42. The maximum Gasteiger partial charge on any atom is 0.119 e. The van der Waals surface area contributed by atoms with Gasteiger partial charge in [0.05, 0.1) is 25.4 Å². The molecule has 0 aromatic heterocycles. The summed E-state index contributed by atoms with van der Waals surface area (Å²) in [4.78, 5) is 0. The number of hydrogen-bond acceptors (Lipinski definition) is 5. The van der Waals surface area contributed by atoms with Crippen molar-refractivity contribution in [1.82, 2.24) is 10.6 Å². The second kappa shape index (κ2) is 6.42. The molecule has 1 saturated heterocycles. The normalized spacial score (nSPS) is 30.8. The molecule has 5 heteroatoms. The highest BCUT2D eigenvalue weighted by atomic mass is 16.5. The van der Waals surface area contributed by atoms with Crippen molar-refractivity contribution in [3.8, 4) is 5.75 Å². The first-order valence-electron chi connectivity index (χ1n) is 8.28. The Morgan fingerprint density at radius 2 is 2.30 bits per heavy atom. The second-order valence-electron chi connectivity index (χ2n) is 6.58. The number of ether oxygens (including phenoxy) is 2. The molecule has 23 heavy (non-hydrogen) atoms. The van der Waals surface area contributed by atoms with E-state index >= 15 is 0 Å². The summed E-state index contributed by atoms with van der Waals surface area (Å²) in [6.07, 6.45) is 4.60. The Bertz CT molecular complexity index is 602. The average Bonchev–Trinajstić information content (AvgIpc) is 2.54. The number of piperidine rings is 1. The summed E-state index contributed by atoms with van der Waals surface area (Å²) >= 11 is 0. The minimum absolute atomic E-state index is 0.110. The van der Waals surface area contributed by atoms with Gasteiger partial charge in [0.25, 0.3) is 0 Å². The number of methoxy groups -OCH3 is 1. The standard InChI is InChI=1S/C18H27N3O2/c1-12-9-18(10-17(21-12)16(19)11-20-2)15-5-4-14(22-3)8-13(15)6-7-23-18/h4-5,8,11-12,17,20-21H,6-7,9-10,19H2,1-3H3/b16-11-/t12-,17-,18?/m0/s1. The Labute approximate surface area is 138 Å². The molecule has 0 aliphatic carbocycles. The lowest BCUT2D eigenvalue weighted by Crippen LogP contribution is -2.55. The number of benzene rings is 1. The molecule has 1 aromatic rings. The van der Waals surface area contributed by atoms with E-state index in [4.69, 9.17) is 15.2 Å². The van der Waals surface area contributed by atoms with Crippen molar-refractivity contribution in [3.63, 3.8) is 0 Å². The molecule has 3 atom stereocenters. The Balaban J connectivity index is 1.97. The van der Waals surface area contributed by atoms with Crippen molar-refractivity contribution in [2.24, 2.45) is 5.73 Å². The molecular formula is C18H27N3O2. The van der Waals surface area contributed by atoms with Crippen molar-refractivity contribution >= 4 is 0 Å². The van der Waals surface area contributed by atoms with E-state index in [2.05, 4.69) is 29.7 Å². The van der Waals surface area contributed by atoms with Crippen LogP contribution in [0.2, 0.25) is 0 Å². The van der Waals surface area contributed by atoms with Crippen molar-refractivity contribution in [2.75, 3.05) is 20.8 Å². The van der Waals surface area contributed by atoms with Crippen molar-refractivity contribution in [2.45, 2.75) is 43.9 Å². The molecule has 2 aliphatic heterocycles. The first-order chi connectivity index (χ1) is 11.1. The van der Waals surface area contributed by atoms with Crippen LogP contribution in [0.3, 0.4) is 0 Å². The van der Waals surface area contributed by atoms with E-state index in [-0.39, 0.29) is 11.6 Å². The van der Waals surface area contributed by atoms with Gasteiger partial charge < -0.3 is 25.8 Å². The molecule has 1 aromatic carbocycles. The lowest BCUT2D eigenvalue weighted by Gasteiger charge is -2.47. The number of rotatable bonds is 3. The maximum absolute atomic E-state index is 6.35. The van der Waals surface area contributed by atoms with Crippen molar-refractivity contribution < 1.29 is 9.47 Å². The van der Waals surface area contributed by atoms with Crippen LogP contribution < -0.4 is 21.1 Å². The van der Waals surface area contributed by atoms with Gasteiger partial charge in [-0.25, -0.2) is 0 Å². The van der Waals surface area contributed by atoms with E-state index in [1.54, 1.807) is 7.11 Å². The van der Waals surface area contributed by atoms with E-state index in [1.165, 1.54) is 11.1 Å². The summed E-state index contributed by atoms with van der Waals surface area (Å²) in [5, 5.41) is 6.61. The van der Waals surface area contributed by atoms with Gasteiger partial charge in [0.2, 0.25) is 0 Å². The number of hydrogen-bond donors (Lipinski definition) is 3. The van der Waals surface area contributed by atoms with E-state index in [9.17, 15) is 0 Å². The highest BCUT2D eigenvalue weighted by Crippen LogP contribution is 2.44. The third-order valence-corrected chi connectivity index (χ3v) is 4.92. The van der Waals surface area contributed by atoms with Crippen LogP contribution in [-0.2, 0) is 16.8 Å². The maximum atomic E-state index is 6.35. The minimum Gasteiger partial charge on any atom is -0.497 e. The van der Waals surface area contributed by atoms with Crippen molar-refractivity contribution in [1.29, 1.82) is 0 Å². The van der Waals surface area contributed by atoms with Gasteiger partial charge in [-0.05, 0) is 43.0 Å². The van der Waals surface area contributed by atoms with Gasteiger partial charge >= 0.3 is 0 Å². The summed E-state index contributed by atoms with van der Waals surface area (Å²) in [6, 6.07) is 6.79. The molecule has 2 heterocycles. The average molecular weight is 317 g/mol. The first-order valence-corrected chi connectivity index (χ1v) is 8.28. The third-order valence-electron chi connectivity index (χ3n) is 4.92. The lowest BCUT2D eigenvalue weighted by molar-refractivity contribution is -0.0949. The molecule has 0 amide bonds. The van der Waals surface area contributed by atoms with Crippen LogP contribution >= 0.6 is 0 Å². The Kier molecular flexibility index (Phi) is 4.50. The zero-order chi connectivity index (χ0) is 16.4. The molecule has 126 valence electrons. The van der Waals surface area contributed by atoms with Gasteiger partial charge in [-0.3, -0.25) is 0 Å². The molecule has 1 fully saturated rings. The molecule has 3 rings (SSSR count). The molecule has 0 radical (unpaired) electrons. The predicted octanol–water partition coefficient (Wildman–Crippen LogP) is 1.62. The van der Waals surface area contributed by atoms with Crippen LogP contribution in [-0.4, -0.2) is 32.8 Å². The highest BCUT2D eigenvalue weighted by Gasteiger charge is 2.44. The lowest BCUT2D eigenvalue weighted by atomic mass is 9.75. The zero-order valence-corrected chi connectivity index (χ0v) is 14.2. The fraction of sp³-hybridized carbons (Fsp3) is 0.556. The smallest absolute Gasteiger partial charge is 0.119 e. The number of nitrogens with one attached hydrogen (secondary N) is 2. The van der Waals surface area contributed by atoms with Gasteiger partial charge in [-0.15, -0.1) is 0 Å². The molecule has 1 spiro atoms. The monoisotopic (exact) mass is 317 g/mol. The Morgan fingerprint density at radius 3 is 3.04 bits per heavy atom. The summed E-state index contributed by atoms with van der Waals surface area (Å²) in [6.45, 7) is 2.94. The molecule has 2 aliphatic rings. The Morgan fingerprint density at radius 1 is 1.48 bits per heavy atom. The van der Waals surface area contributed by atoms with Crippen LogP contribution in [0.5, 0.6) is 5.75 Å². The van der Waals surface area contributed by atoms with Gasteiger partial charge in [-0.2, -0.15) is 0 Å². The first kappa shape index (κ1) is 16.1. The molecule has 5 nitrogen and oxygen atoms in total. The van der Waals surface area contributed by atoms with Gasteiger partial charge in [-0.1, -0.05) is 6.07 Å². The zero-order valence-electron chi connectivity index (χ0n) is 14.2.